The number of esters is 1. The van der Waals surface area contributed by atoms with Crippen LogP contribution in [0.5, 0.6) is 11.5 Å². The predicted octanol–water partition coefficient (Wildman–Crippen LogP) is 6.64. The summed E-state index contributed by atoms with van der Waals surface area (Å²) in [6.07, 6.45) is 3.67. The molecule has 3 aromatic carbocycles. The highest BCUT2D eigenvalue weighted by atomic mass is 32.2. The van der Waals surface area contributed by atoms with Gasteiger partial charge in [0.25, 0.3) is 11.8 Å². The Bertz CT molecular complexity index is 1690. The second-order valence-corrected chi connectivity index (χ2v) is 12.1. The maximum Gasteiger partial charge on any atom is 0.333 e. The van der Waals surface area contributed by atoms with Crippen LogP contribution >= 0.6 is 11.8 Å². The summed E-state index contributed by atoms with van der Waals surface area (Å²) in [6, 6.07) is 17.6. The van der Waals surface area contributed by atoms with Gasteiger partial charge in [0.05, 0.1) is 19.8 Å². The topological polar surface area (TPSA) is 99.2 Å². The number of nitrogens with zero attached hydrogens (tertiary/aromatic N) is 1. The van der Waals surface area contributed by atoms with E-state index in [0.29, 0.717) is 49.5 Å². The zero-order chi connectivity index (χ0) is 32.1. The van der Waals surface area contributed by atoms with Crippen LogP contribution in [0.3, 0.4) is 0 Å². The minimum absolute atomic E-state index is 0.0525. The largest absolute Gasteiger partial charge is 0.494 e. The van der Waals surface area contributed by atoms with Crippen LogP contribution in [-0.2, 0) is 19.1 Å². The summed E-state index contributed by atoms with van der Waals surface area (Å²) in [6.45, 7) is 10.6. The van der Waals surface area contributed by atoms with Gasteiger partial charge in [0, 0.05) is 47.1 Å². The van der Waals surface area contributed by atoms with E-state index in [-0.39, 0.29) is 29.5 Å². The van der Waals surface area contributed by atoms with Gasteiger partial charge in [0.2, 0.25) is 5.12 Å². The van der Waals surface area contributed by atoms with Crippen LogP contribution < -0.4 is 9.47 Å². The number of ether oxygens (including phenoxy) is 3. The molecular weight excluding hydrogens is 590 g/mol. The molecule has 9 heteroatoms. The van der Waals surface area contributed by atoms with Gasteiger partial charge in [-0.05, 0) is 102 Å². The van der Waals surface area contributed by atoms with Crippen molar-refractivity contribution in [1.82, 2.24) is 4.90 Å². The lowest BCUT2D eigenvalue weighted by atomic mass is 9.99. The van der Waals surface area contributed by atoms with Gasteiger partial charge in [-0.3, -0.25) is 19.3 Å². The first kappa shape index (κ1) is 31.8. The Hall–Kier alpha value is -4.63. The lowest BCUT2D eigenvalue weighted by Crippen LogP contribution is -2.31. The van der Waals surface area contributed by atoms with Crippen LogP contribution in [0.1, 0.15) is 59.7 Å². The third kappa shape index (κ3) is 7.37. The summed E-state index contributed by atoms with van der Waals surface area (Å²) in [5, 5.41) is -0.0525. The molecule has 0 bridgehead atoms. The first-order chi connectivity index (χ1) is 21.6. The van der Waals surface area contributed by atoms with E-state index in [1.165, 1.54) is 28.8 Å². The Morgan fingerprint density at radius 3 is 2.27 bits per heavy atom. The van der Waals surface area contributed by atoms with Gasteiger partial charge >= 0.3 is 5.97 Å². The standard InChI is InChI=1S/C36H35NO7S/c1-22(2)35(40)44-18-6-17-43-32-12-7-25(19-23(32)3)36(41)45-27-9-11-29-28-10-8-26(20-30(28)24(4)31(29)21-27)42-16-5-15-37-33(38)13-14-34(37)39/h7-14,19-21,24H,1,5-6,15-18H2,2-4H3. The Morgan fingerprint density at radius 1 is 0.867 bits per heavy atom. The second kappa shape index (κ2) is 14.0. The van der Waals surface area contributed by atoms with Crippen molar-refractivity contribution in [3.8, 4) is 22.6 Å². The van der Waals surface area contributed by atoms with Crippen LogP contribution in [0.25, 0.3) is 11.1 Å². The number of amides is 2. The maximum absolute atomic E-state index is 13.2. The van der Waals surface area contributed by atoms with Crippen molar-refractivity contribution in [3.05, 3.63) is 101 Å². The van der Waals surface area contributed by atoms with Crippen LogP contribution in [-0.4, -0.2) is 54.2 Å². The van der Waals surface area contributed by atoms with E-state index in [9.17, 15) is 19.2 Å². The molecule has 8 nitrogen and oxygen atoms in total. The van der Waals surface area contributed by atoms with E-state index in [1.54, 1.807) is 19.1 Å². The molecular formula is C36H35NO7S. The second-order valence-electron chi connectivity index (χ2n) is 11.1. The maximum atomic E-state index is 13.2. The fourth-order valence-electron chi connectivity index (χ4n) is 5.31. The van der Waals surface area contributed by atoms with Crippen molar-refractivity contribution < 1.29 is 33.4 Å². The number of hydrogen-bond acceptors (Lipinski definition) is 8. The number of aryl methyl sites for hydroxylation is 1. The SMILES string of the molecule is C=C(C)C(=O)OCCCOc1ccc(C(=O)Sc2ccc3c(c2)C(C)c2cc(OCCCN4C(=O)C=CC4=O)ccc2-3)cc1C. The molecule has 0 radical (unpaired) electrons. The molecule has 0 saturated carbocycles. The summed E-state index contributed by atoms with van der Waals surface area (Å²) in [5.41, 5.74) is 6.42. The number of imide groups is 1. The monoisotopic (exact) mass is 625 g/mol. The number of rotatable bonds is 13. The van der Waals surface area contributed by atoms with Crippen molar-refractivity contribution in [2.45, 2.75) is 44.4 Å². The van der Waals surface area contributed by atoms with Gasteiger partial charge in [-0.15, -0.1) is 0 Å². The quantitative estimate of drug-likeness (QED) is 0.0685. The van der Waals surface area contributed by atoms with E-state index in [1.807, 2.05) is 31.2 Å². The zero-order valence-electron chi connectivity index (χ0n) is 25.6. The highest BCUT2D eigenvalue weighted by Gasteiger charge is 2.27. The molecule has 0 aromatic heterocycles. The average Bonchev–Trinajstić information content (AvgIpc) is 3.49. The minimum atomic E-state index is -0.410. The molecule has 1 aliphatic heterocycles. The molecule has 0 saturated heterocycles. The number of thioether (sulfide) groups is 1. The molecule has 1 unspecified atom stereocenters. The molecule has 2 aliphatic rings. The van der Waals surface area contributed by atoms with E-state index >= 15 is 0 Å². The minimum Gasteiger partial charge on any atom is -0.494 e. The van der Waals surface area contributed by atoms with Crippen molar-refractivity contribution >= 4 is 34.7 Å². The van der Waals surface area contributed by atoms with Gasteiger partial charge in [0.1, 0.15) is 11.5 Å². The van der Waals surface area contributed by atoms with Crippen molar-refractivity contribution in [2.24, 2.45) is 0 Å². The van der Waals surface area contributed by atoms with E-state index in [0.717, 1.165) is 38.5 Å². The number of hydrogen-bond donors (Lipinski definition) is 0. The van der Waals surface area contributed by atoms with Crippen molar-refractivity contribution in [1.29, 1.82) is 0 Å². The molecule has 3 aromatic rings. The Labute approximate surface area is 267 Å². The molecule has 0 spiro atoms. The summed E-state index contributed by atoms with van der Waals surface area (Å²) in [7, 11) is 0. The lowest BCUT2D eigenvalue weighted by molar-refractivity contribution is -0.139. The highest BCUT2D eigenvalue weighted by Crippen LogP contribution is 2.47. The molecule has 1 atom stereocenters. The van der Waals surface area contributed by atoms with E-state index < -0.39 is 5.97 Å². The van der Waals surface area contributed by atoms with Gasteiger partial charge in [0.15, 0.2) is 0 Å². The first-order valence-electron chi connectivity index (χ1n) is 14.8. The highest BCUT2D eigenvalue weighted by molar-refractivity contribution is 8.14. The molecule has 0 fully saturated rings. The van der Waals surface area contributed by atoms with Crippen LogP contribution in [0.2, 0.25) is 0 Å². The Morgan fingerprint density at radius 2 is 1.56 bits per heavy atom. The molecule has 1 aliphatic carbocycles. The Balaban J connectivity index is 1.14. The number of fused-ring (bicyclic) bond motifs is 3. The number of carbonyl (C=O) groups is 4. The predicted molar refractivity (Wildman–Crippen MR) is 173 cm³/mol. The average molecular weight is 626 g/mol. The normalized spacial score (nSPS) is 14.7. The number of benzene rings is 3. The van der Waals surface area contributed by atoms with E-state index in [4.69, 9.17) is 14.2 Å². The molecule has 45 heavy (non-hydrogen) atoms. The van der Waals surface area contributed by atoms with Crippen LogP contribution in [0.4, 0.5) is 0 Å². The molecule has 1 heterocycles. The smallest absolute Gasteiger partial charge is 0.333 e. The first-order valence-corrected chi connectivity index (χ1v) is 15.7. The lowest BCUT2D eigenvalue weighted by Gasteiger charge is -2.14. The summed E-state index contributed by atoms with van der Waals surface area (Å²) in [5.74, 6) is 0.578. The van der Waals surface area contributed by atoms with E-state index in [2.05, 4.69) is 31.7 Å². The van der Waals surface area contributed by atoms with Crippen LogP contribution in [0.15, 0.2) is 83.8 Å². The van der Waals surface area contributed by atoms with Crippen molar-refractivity contribution in [3.63, 3.8) is 0 Å². The fraction of sp³-hybridized carbons (Fsp3) is 0.278. The van der Waals surface area contributed by atoms with Gasteiger partial charge < -0.3 is 14.2 Å². The van der Waals surface area contributed by atoms with Gasteiger partial charge in [-0.2, -0.15) is 0 Å². The van der Waals surface area contributed by atoms with Crippen LogP contribution in [0, 0.1) is 6.92 Å². The third-order valence-electron chi connectivity index (χ3n) is 7.71. The molecule has 232 valence electrons. The van der Waals surface area contributed by atoms with Gasteiger partial charge in [-0.25, -0.2) is 4.79 Å². The number of carbonyl (C=O) groups excluding carboxylic acids is 4. The summed E-state index contributed by atoms with van der Waals surface area (Å²) < 4.78 is 16.9. The molecule has 2 amide bonds. The van der Waals surface area contributed by atoms with Gasteiger partial charge in [-0.1, -0.05) is 25.6 Å². The summed E-state index contributed by atoms with van der Waals surface area (Å²) >= 11 is 1.20. The zero-order valence-corrected chi connectivity index (χ0v) is 26.4. The molecule has 5 rings (SSSR count). The third-order valence-corrected chi connectivity index (χ3v) is 8.62. The summed E-state index contributed by atoms with van der Waals surface area (Å²) in [4.78, 5) is 50.2. The van der Waals surface area contributed by atoms with Crippen molar-refractivity contribution in [2.75, 3.05) is 26.4 Å². The fourth-order valence-corrected chi connectivity index (χ4v) is 6.09. The molecule has 0 N–H and O–H groups in total. The Kier molecular flexibility index (Phi) is 9.88.